The van der Waals surface area contributed by atoms with Crippen LogP contribution >= 0.6 is 0 Å². The maximum absolute atomic E-state index is 4.44. The number of pyridine rings is 1. The molecule has 18 heavy (non-hydrogen) atoms. The van der Waals surface area contributed by atoms with Crippen LogP contribution in [0.2, 0.25) is 0 Å². The van der Waals surface area contributed by atoms with E-state index in [2.05, 4.69) is 52.8 Å². The van der Waals surface area contributed by atoms with Gasteiger partial charge in [-0.25, -0.2) is 4.98 Å². The first-order valence-electron chi connectivity index (χ1n) is 6.01. The molecule has 0 unspecified atom stereocenters. The number of aryl methyl sites for hydroxylation is 1. The third-order valence-corrected chi connectivity index (χ3v) is 2.91. The molecule has 1 heterocycles. The van der Waals surface area contributed by atoms with Crippen LogP contribution < -0.4 is 5.32 Å². The van der Waals surface area contributed by atoms with Gasteiger partial charge in [0.25, 0.3) is 0 Å². The van der Waals surface area contributed by atoms with Gasteiger partial charge in [0.05, 0.1) is 0 Å². The highest BCUT2D eigenvalue weighted by atomic mass is 15.0. The second-order valence-corrected chi connectivity index (χ2v) is 4.35. The highest BCUT2D eigenvalue weighted by molar-refractivity contribution is 5.86. The van der Waals surface area contributed by atoms with Gasteiger partial charge in [-0.2, -0.15) is 0 Å². The summed E-state index contributed by atoms with van der Waals surface area (Å²) in [5, 5.41) is 5.81. The van der Waals surface area contributed by atoms with Crippen LogP contribution in [0.3, 0.4) is 0 Å². The molecule has 3 rings (SSSR count). The third-order valence-electron chi connectivity index (χ3n) is 2.91. The van der Waals surface area contributed by atoms with E-state index in [9.17, 15) is 0 Å². The standard InChI is InChI=1S/C16H14N2/c1-12-5-4-8-16(17-12)18-15-10-9-13-6-2-3-7-14(13)11-15/h2-11H,1H3,(H,17,18). The largest absolute Gasteiger partial charge is 0.340 e. The number of anilines is 2. The molecule has 1 aromatic heterocycles. The molecule has 1 N–H and O–H groups in total. The van der Waals surface area contributed by atoms with Crippen molar-refractivity contribution in [1.82, 2.24) is 4.98 Å². The van der Waals surface area contributed by atoms with Crippen molar-refractivity contribution in [2.45, 2.75) is 6.92 Å². The lowest BCUT2D eigenvalue weighted by Crippen LogP contribution is -1.94. The molecule has 0 radical (unpaired) electrons. The number of fused-ring (bicyclic) bond motifs is 1. The minimum absolute atomic E-state index is 0.880. The molecule has 3 aromatic rings. The van der Waals surface area contributed by atoms with E-state index in [4.69, 9.17) is 0 Å². The summed E-state index contributed by atoms with van der Waals surface area (Å²) in [6, 6.07) is 20.6. The predicted molar refractivity (Wildman–Crippen MR) is 76.2 cm³/mol. The topological polar surface area (TPSA) is 24.9 Å². The molecule has 0 fully saturated rings. The Morgan fingerprint density at radius 2 is 1.67 bits per heavy atom. The van der Waals surface area contributed by atoms with E-state index in [1.165, 1.54) is 10.8 Å². The van der Waals surface area contributed by atoms with Gasteiger partial charge in [-0.15, -0.1) is 0 Å². The molecule has 0 aliphatic rings. The van der Waals surface area contributed by atoms with Crippen LogP contribution in [0.1, 0.15) is 5.69 Å². The Kier molecular flexibility index (Phi) is 2.69. The zero-order chi connectivity index (χ0) is 12.4. The zero-order valence-electron chi connectivity index (χ0n) is 10.2. The van der Waals surface area contributed by atoms with Gasteiger partial charge in [-0.3, -0.25) is 0 Å². The molecular weight excluding hydrogens is 220 g/mol. The normalized spacial score (nSPS) is 10.5. The Balaban J connectivity index is 1.95. The van der Waals surface area contributed by atoms with Gasteiger partial charge in [0.15, 0.2) is 0 Å². The van der Waals surface area contributed by atoms with Crippen molar-refractivity contribution in [3.05, 3.63) is 66.4 Å². The average molecular weight is 234 g/mol. The van der Waals surface area contributed by atoms with Crippen LogP contribution in [-0.4, -0.2) is 4.98 Å². The van der Waals surface area contributed by atoms with Crippen LogP contribution in [0.15, 0.2) is 60.7 Å². The SMILES string of the molecule is Cc1cccc(Nc2ccc3ccccc3c2)n1. The van der Waals surface area contributed by atoms with E-state index in [0.717, 1.165) is 17.2 Å². The Hall–Kier alpha value is -2.35. The van der Waals surface area contributed by atoms with Crippen LogP contribution in [-0.2, 0) is 0 Å². The lowest BCUT2D eigenvalue weighted by Gasteiger charge is -2.07. The molecule has 2 heteroatoms. The van der Waals surface area contributed by atoms with E-state index in [1.807, 2.05) is 25.1 Å². The molecular formula is C16H14N2. The molecule has 2 nitrogen and oxygen atoms in total. The van der Waals surface area contributed by atoms with Gasteiger partial charge < -0.3 is 5.32 Å². The molecule has 0 saturated carbocycles. The van der Waals surface area contributed by atoms with Crippen molar-refractivity contribution in [2.24, 2.45) is 0 Å². The molecule has 2 aromatic carbocycles. The van der Waals surface area contributed by atoms with Gasteiger partial charge in [0.1, 0.15) is 5.82 Å². The smallest absolute Gasteiger partial charge is 0.130 e. The Bertz CT molecular complexity index is 689. The number of hydrogen-bond donors (Lipinski definition) is 1. The minimum atomic E-state index is 0.880. The molecule has 88 valence electrons. The molecule has 0 spiro atoms. The number of aromatic nitrogens is 1. The molecule has 0 bridgehead atoms. The van der Waals surface area contributed by atoms with E-state index < -0.39 is 0 Å². The Labute approximate surface area is 106 Å². The molecule has 0 atom stereocenters. The highest BCUT2D eigenvalue weighted by Crippen LogP contribution is 2.21. The summed E-state index contributed by atoms with van der Waals surface area (Å²) < 4.78 is 0. The third kappa shape index (κ3) is 2.18. The van der Waals surface area contributed by atoms with Gasteiger partial charge in [0.2, 0.25) is 0 Å². The lowest BCUT2D eigenvalue weighted by atomic mass is 10.1. The fourth-order valence-corrected chi connectivity index (χ4v) is 2.03. The fourth-order valence-electron chi connectivity index (χ4n) is 2.03. The fraction of sp³-hybridized carbons (Fsp3) is 0.0625. The number of nitrogens with one attached hydrogen (secondary N) is 1. The first kappa shape index (κ1) is 10.8. The first-order valence-corrected chi connectivity index (χ1v) is 6.01. The molecule has 0 aliphatic carbocycles. The summed E-state index contributed by atoms with van der Waals surface area (Å²) in [5.74, 6) is 0.880. The molecule has 0 aliphatic heterocycles. The Morgan fingerprint density at radius 1 is 0.833 bits per heavy atom. The van der Waals surface area contributed by atoms with E-state index in [0.29, 0.717) is 0 Å². The van der Waals surface area contributed by atoms with Crippen molar-refractivity contribution < 1.29 is 0 Å². The number of hydrogen-bond acceptors (Lipinski definition) is 2. The summed E-state index contributed by atoms with van der Waals surface area (Å²) in [4.78, 5) is 4.44. The summed E-state index contributed by atoms with van der Waals surface area (Å²) in [7, 11) is 0. The van der Waals surface area contributed by atoms with Crippen LogP contribution in [0, 0.1) is 6.92 Å². The van der Waals surface area contributed by atoms with Gasteiger partial charge in [-0.05, 0) is 42.0 Å². The maximum atomic E-state index is 4.44. The summed E-state index contributed by atoms with van der Waals surface area (Å²) in [5.41, 5.74) is 2.08. The number of benzene rings is 2. The van der Waals surface area contributed by atoms with E-state index in [1.54, 1.807) is 0 Å². The van der Waals surface area contributed by atoms with Gasteiger partial charge >= 0.3 is 0 Å². The van der Waals surface area contributed by atoms with Crippen LogP contribution in [0.4, 0.5) is 11.5 Å². The van der Waals surface area contributed by atoms with E-state index >= 15 is 0 Å². The summed E-state index contributed by atoms with van der Waals surface area (Å²) in [6.45, 7) is 1.99. The van der Waals surface area contributed by atoms with Crippen molar-refractivity contribution in [3.8, 4) is 0 Å². The van der Waals surface area contributed by atoms with Crippen LogP contribution in [0.5, 0.6) is 0 Å². The predicted octanol–water partition coefficient (Wildman–Crippen LogP) is 4.29. The van der Waals surface area contributed by atoms with Crippen molar-refractivity contribution >= 4 is 22.3 Å². The van der Waals surface area contributed by atoms with E-state index in [-0.39, 0.29) is 0 Å². The van der Waals surface area contributed by atoms with Gasteiger partial charge in [-0.1, -0.05) is 36.4 Å². The maximum Gasteiger partial charge on any atom is 0.130 e. The molecule has 0 saturated heterocycles. The van der Waals surface area contributed by atoms with Crippen LogP contribution in [0.25, 0.3) is 10.8 Å². The molecule has 0 amide bonds. The Morgan fingerprint density at radius 3 is 2.50 bits per heavy atom. The minimum Gasteiger partial charge on any atom is -0.340 e. The summed E-state index contributed by atoms with van der Waals surface area (Å²) >= 11 is 0. The van der Waals surface area contributed by atoms with Crippen molar-refractivity contribution in [3.63, 3.8) is 0 Å². The summed E-state index contributed by atoms with van der Waals surface area (Å²) in [6.07, 6.45) is 0. The first-order chi connectivity index (χ1) is 8.81. The zero-order valence-corrected chi connectivity index (χ0v) is 10.2. The number of rotatable bonds is 2. The number of nitrogens with zero attached hydrogens (tertiary/aromatic N) is 1. The average Bonchev–Trinajstić information content (AvgIpc) is 2.39. The van der Waals surface area contributed by atoms with Crippen molar-refractivity contribution in [2.75, 3.05) is 5.32 Å². The second-order valence-electron chi connectivity index (χ2n) is 4.35. The van der Waals surface area contributed by atoms with Crippen molar-refractivity contribution in [1.29, 1.82) is 0 Å². The van der Waals surface area contributed by atoms with Gasteiger partial charge in [0, 0.05) is 11.4 Å². The monoisotopic (exact) mass is 234 g/mol. The second kappa shape index (κ2) is 4.49. The lowest BCUT2D eigenvalue weighted by molar-refractivity contribution is 1.20. The quantitative estimate of drug-likeness (QED) is 0.715. The highest BCUT2D eigenvalue weighted by Gasteiger charge is 1.98.